The van der Waals surface area contributed by atoms with Crippen molar-refractivity contribution < 1.29 is 4.42 Å². The summed E-state index contributed by atoms with van der Waals surface area (Å²) in [6, 6.07) is 3.41. The molecule has 62 valence electrons. The molecule has 0 fully saturated rings. The average molecular weight is 184 g/mol. The number of hydrogen-bond donors (Lipinski definition) is 1. The van der Waals surface area contributed by atoms with Gasteiger partial charge in [0.25, 0.3) is 0 Å². The second-order valence-electron chi connectivity index (χ2n) is 2.61. The maximum atomic E-state index is 10.7. The van der Waals surface area contributed by atoms with Gasteiger partial charge in [0.1, 0.15) is 0 Å². The molecule has 0 atom stereocenters. The van der Waals surface area contributed by atoms with Crippen LogP contribution in [0.15, 0.2) is 21.3 Å². The van der Waals surface area contributed by atoms with E-state index < -0.39 is 5.76 Å². The zero-order valence-electron chi connectivity index (χ0n) is 6.35. The van der Waals surface area contributed by atoms with Crippen LogP contribution in [0.5, 0.6) is 0 Å². The minimum atomic E-state index is -0.452. The molecule has 0 aliphatic carbocycles. The van der Waals surface area contributed by atoms with Gasteiger partial charge in [0.15, 0.2) is 5.58 Å². The predicted molar refractivity (Wildman–Crippen MR) is 46.6 cm³/mol. The Balaban J connectivity index is 2.92. The number of aromatic nitrogens is 1. The second-order valence-corrected chi connectivity index (χ2v) is 3.02. The maximum Gasteiger partial charge on any atom is 0.417 e. The number of fused-ring (bicyclic) bond motifs is 1. The number of oxazole rings is 1. The molecule has 3 nitrogen and oxygen atoms in total. The topological polar surface area (TPSA) is 46.0 Å². The number of halogens is 1. The van der Waals surface area contributed by atoms with Crippen LogP contribution in [-0.2, 0) is 0 Å². The lowest BCUT2D eigenvalue weighted by atomic mass is 10.2. The zero-order chi connectivity index (χ0) is 8.72. The van der Waals surface area contributed by atoms with Gasteiger partial charge < -0.3 is 4.42 Å². The Hall–Kier alpha value is -1.22. The fourth-order valence-corrected chi connectivity index (χ4v) is 1.23. The van der Waals surface area contributed by atoms with Crippen LogP contribution in [0.3, 0.4) is 0 Å². The predicted octanol–water partition coefficient (Wildman–Crippen LogP) is 2.08. The highest BCUT2D eigenvalue weighted by Crippen LogP contribution is 2.20. The maximum absolute atomic E-state index is 10.7. The van der Waals surface area contributed by atoms with Crippen LogP contribution in [0.2, 0.25) is 5.02 Å². The molecular weight excluding hydrogens is 178 g/mol. The molecule has 0 radical (unpaired) electrons. The number of rotatable bonds is 0. The van der Waals surface area contributed by atoms with Gasteiger partial charge in [-0.3, -0.25) is 4.98 Å². The summed E-state index contributed by atoms with van der Waals surface area (Å²) in [5, 5.41) is 0.602. The number of aromatic amines is 1. The Kier molecular flexibility index (Phi) is 1.48. The van der Waals surface area contributed by atoms with Gasteiger partial charge in [-0.05, 0) is 18.6 Å². The molecule has 1 aromatic carbocycles. The molecule has 0 saturated heterocycles. The van der Waals surface area contributed by atoms with Crippen molar-refractivity contribution >= 4 is 22.7 Å². The second kappa shape index (κ2) is 2.38. The first-order valence-corrected chi connectivity index (χ1v) is 3.83. The number of benzene rings is 1. The molecule has 0 aliphatic heterocycles. The van der Waals surface area contributed by atoms with Crippen molar-refractivity contribution in [3.8, 4) is 0 Å². The summed E-state index contributed by atoms with van der Waals surface area (Å²) < 4.78 is 4.81. The first-order chi connectivity index (χ1) is 5.66. The van der Waals surface area contributed by atoms with Crippen LogP contribution in [0, 0.1) is 6.92 Å². The van der Waals surface area contributed by atoms with Crippen molar-refractivity contribution in [1.29, 1.82) is 0 Å². The van der Waals surface area contributed by atoms with E-state index in [0.29, 0.717) is 16.1 Å². The summed E-state index contributed by atoms with van der Waals surface area (Å²) in [5.74, 6) is -0.452. The van der Waals surface area contributed by atoms with Crippen molar-refractivity contribution in [3.63, 3.8) is 0 Å². The van der Waals surface area contributed by atoms with Gasteiger partial charge in [0, 0.05) is 11.1 Å². The van der Waals surface area contributed by atoms with E-state index in [1.165, 1.54) is 0 Å². The van der Waals surface area contributed by atoms with Gasteiger partial charge in [-0.1, -0.05) is 11.6 Å². The standard InChI is InChI=1S/C8H6ClNO2/c1-4-2-6-7(3-5(4)9)12-8(11)10-6/h2-3H,1H3,(H,10,11). The third-order valence-corrected chi connectivity index (χ3v) is 2.11. The van der Waals surface area contributed by atoms with Gasteiger partial charge in [-0.15, -0.1) is 0 Å². The van der Waals surface area contributed by atoms with E-state index in [1.54, 1.807) is 12.1 Å². The summed E-state index contributed by atoms with van der Waals surface area (Å²) in [6.07, 6.45) is 0. The summed E-state index contributed by atoms with van der Waals surface area (Å²) in [5.41, 5.74) is 2.10. The molecule has 0 amide bonds. The average Bonchev–Trinajstić information content (AvgIpc) is 2.30. The van der Waals surface area contributed by atoms with E-state index in [9.17, 15) is 4.79 Å². The van der Waals surface area contributed by atoms with Crippen molar-refractivity contribution in [2.24, 2.45) is 0 Å². The Morgan fingerprint density at radius 3 is 3.00 bits per heavy atom. The fraction of sp³-hybridized carbons (Fsp3) is 0.125. The van der Waals surface area contributed by atoms with Gasteiger partial charge in [0.2, 0.25) is 0 Å². The summed E-state index contributed by atoms with van der Waals surface area (Å²) in [7, 11) is 0. The van der Waals surface area contributed by atoms with Crippen LogP contribution >= 0.6 is 11.6 Å². The van der Waals surface area contributed by atoms with Gasteiger partial charge in [-0.25, -0.2) is 4.79 Å². The highest BCUT2D eigenvalue weighted by atomic mass is 35.5. The quantitative estimate of drug-likeness (QED) is 0.680. The van der Waals surface area contributed by atoms with Crippen molar-refractivity contribution in [2.75, 3.05) is 0 Å². The molecule has 0 saturated carbocycles. The Labute approximate surface area is 73.0 Å². The molecule has 12 heavy (non-hydrogen) atoms. The number of nitrogens with one attached hydrogen (secondary N) is 1. The van der Waals surface area contributed by atoms with E-state index in [1.807, 2.05) is 6.92 Å². The van der Waals surface area contributed by atoms with Gasteiger partial charge in [0.05, 0.1) is 5.52 Å². The third kappa shape index (κ3) is 1.02. The molecule has 2 rings (SSSR count). The lowest BCUT2D eigenvalue weighted by molar-refractivity contribution is 0.555. The number of H-pyrrole nitrogens is 1. The molecule has 0 aliphatic rings. The van der Waals surface area contributed by atoms with Crippen molar-refractivity contribution in [1.82, 2.24) is 4.98 Å². The number of hydrogen-bond acceptors (Lipinski definition) is 2. The molecule has 1 N–H and O–H groups in total. The van der Waals surface area contributed by atoms with Crippen molar-refractivity contribution in [2.45, 2.75) is 6.92 Å². The monoisotopic (exact) mass is 183 g/mol. The first-order valence-electron chi connectivity index (χ1n) is 3.46. The van der Waals surface area contributed by atoms with E-state index >= 15 is 0 Å². The van der Waals surface area contributed by atoms with E-state index in [-0.39, 0.29) is 0 Å². The minimum absolute atomic E-state index is 0.452. The smallest absolute Gasteiger partial charge is 0.408 e. The normalized spacial score (nSPS) is 10.8. The lowest BCUT2D eigenvalue weighted by Crippen LogP contribution is -1.92. The third-order valence-electron chi connectivity index (χ3n) is 1.70. The van der Waals surface area contributed by atoms with E-state index in [4.69, 9.17) is 16.0 Å². The molecule has 0 spiro atoms. The zero-order valence-corrected chi connectivity index (χ0v) is 7.11. The van der Waals surface area contributed by atoms with Crippen molar-refractivity contribution in [3.05, 3.63) is 33.3 Å². The van der Waals surface area contributed by atoms with Crippen LogP contribution in [0.25, 0.3) is 11.1 Å². The SMILES string of the molecule is Cc1cc2[nH]c(=O)oc2cc1Cl. The Bertz CT molecular complexity index is 441. The van der Waals surface area contributed by atoms with Crippen LogP contribution in [0.1, 0.15) is 5.56 Å². The molecule has 1 aromatic heterocycles. The van der Waals surface area contributed by atoms with Gasteiger partial charge in [-0.2, -0.15) is 0 Å². The van der Waals surface area contributed by atoms with Crippen LogP contribution in [0.4, 0.5) is 0 Å². The largest absolute Gasteiger partial charge is 0.417 e. The Morgan fingerprint density at radius 2 is 2.25 bits per heavy atom. The molecule has 0 unspecified atom stereocenters. The highest BCUT2D eigenvalue weighted by Gasteiger charge is 2.03. The minimum Gasteiger partial charge on any atom is -0.408 e. The Morgan fingerprint density at radius 1 is 1.50 bits per heavy atom. The molecule has 2 aromatic rings. The van der Waals surface area contributed by atoms with E-state index in [0.717, 1.165) is 5.56 Å². The molecule has 1 heterocycles. The van der Waals surface area contributed by atoms with Gasteiger partial charge >= 0.3 is 5.76 Å². The first kappa shape index (κ1) is 7.43. The highest BCUT2D eigenvalue weighted by molar-refractivity contribution is 6.31. The number of aryl methyl sites for hydroxylation is 1. The summed E-state index contributed by atoms with van der Waals surface area (Å²) in [4.78, 5) is 13.3. The summed E-state index contributed by atoms with van der Waals surface area (Å²) >= 11 is 5.82. The fourth-order valence-electron chi connectivity index (χ4n) is 1.08. The molecule has 4 heteroatoms. The lowest BCUT2D eigenvalue weighted by Gasteiger charge is -1.94. The molecule has 0 bridgehead atoms. The molecular formula is C8H6ClNO2. The van der Waals surface area contributed by atoms with E-state index in [2.05, 4.69) is 4.98 Å². The van der Waals surface area contributed by atoms with Crippen LogP contribution in [-0.4, -0.2) is 4.98 Å². The van der Waals surface area contributed by atoms with Crippen LogP contribution < -0.4 is 5.76 Å². The summed E-state index contributed by atoms with van der Waals surface area (Å²) in [6.45, 7) is 1.87.